The van der Waals surface area contributed by atoms with Gasteiger partial charge in [-0.1, -0.05) is 29.8 Å². The summed E-state index contributed by atoms with van der Waals surface area (Å²) in [5.41, 5.74) is 0.939. The Morgan fingerprint density at radius 1 is 1.48 bits per heavy atom. The number of nitrogens with zero attached hydrogens (tertiary/aromatic N) is 1. The van der Waals surface area contributed by atoms with Crippen LogP contribution in [0.25, 0.3) is 10.9 Å². The van der Waals surface area contributed by atoms with Gasteiger partial charge in [0.1, 0.15) is 5.69 Å². The van der Waals surface area contributed by atoms with E-state index in [4.69, 9.17) is 16.3 Å². The molecule has 6 heteroatoms. The molecule has 1 amide bonds. The largest absolute Gasteiger partial charge is 0.391 e. The maximum absolute atomic E-state index is 12.0. The van der Waals surface area contributed by atoms with E-state index in [0.717, 1.165) is 5.39 Å². The number of aromatic nitrogens is 1. The number of ether oxygens (including phenoxy) is 1. The minimum absolute atomic E-state index is 0.246. The van der Waals surface area contributed by atoms with Crippen molar-refractivity contribution < 1.29 is 14.6 Å². The number of nitrogens with one attached hydrogen (secondary N) is 1. The Morgan fingerprint density at radius 2 is 2.24 bits per heavy atom. The van der Waals surface area contributed by atoms with Gasteiger partial charge in [-0.25, -0.2) is 4.98 Å². The lowest BCUT2D eigenvalue weighted by Crippen LogP contribution is -2.29. The van der Waals surface area contributed by atoms with E-state index in [9.17, 15) is 9.90 Å². The summed E-state index contributed by atoms with van der Waals surface area (Å²) in [4.78, 5) is 16.3. The molecule has 1 atom stereocenters. The Labute approximate surface area is 127 Å². The standard InChI is InChI=1S/C15H17ClN2O3/c1-21-9-10(19)6-7-17-15(20)14-8-12(16)11-4-2-3-5-13(11)18-14/h2-5,8,10,19H,6-7,9H2,1H3,(H,17,20). The monoisotopic (exact) mass is 308 g/mol. The maximum atomic E-state index is 12.0. The highest BCUT2D eigenvalue weighted by molar-refractivity contribution is 6.35. The summed E-state index contributed by atoms with van der Waals surface area (Å²) in [5.74, 6) is -0.313. The van der Waals surface area contributed by atoms with Crippen LogP contribution in [0.5, 0.6) is 0 Å². The molecule has 0 radical (unpaired) electrons. The molecule has 1 unspecified atom stereocenters. The lowest BCUT2D eigenvalue weighted by atomic mass is 10.2. The third-order valence-electron chi connectivity index (χ3n) is 3.02. The van der Waals surface area contributed by atoms with E-state index in [1.165, 1.54) is 7.11 Å². The fourth-order valence-corrected chi connectivity index (χ4v) is 2.23. The summed E-state index contributed by atoms with van der Waals surface area (Å²) in [6, 6.07) is 8.92. The smallest absolute Gasteiger partial charge is 0.269 e. The number of carbonyl (C=O) groups is 1. The number of amides is 1. The van der Waals surface area contributed by atoms with Crippen LogP contribution in [0.2, 0.25) is 5.02 Å². The van der Waals surface area contributed by atoms with E-state index in [2.05, 4.69) is 10.3 Å². The van der Waals surface area contributed by atoms with Gasteiger partial charge in [-0.2, -0.15) is 0 Å². The summed E-state index contributed by atoms with van der Waals surface area (Å²) in [7, 11) is 1.52. The second-order valence-corrected chi connectivity index (χ2v) is 5.07. The Bertz CT molecular complexity index is 633. The fourth-order valence-electron chi connectivity index (χ4n) is 1.97. The van der Waals surface area contributed by atoms with E-state index in [-0.39, 0.29) is 18.2 Å². The van der Waals surface area contributed by atoms with Gasteiger partial charge in [-0.15, -0.1) is 0 Å². The molecule has 0 bridgehead atoms. The summed E-state index contributed by atoms with van der Waals surface area (Å²) in [6.45, 7) is 0.589. The fraction of sp³-hybridized carbons (Fsp3) is 0.333. The van der Waals surface area contributed by atoms with Crippen molar-refractivity contribution in [2.75, 3.05) is 20.3 Å². The van der Waals surface area contributed by atoms with Crippen LogP contribution in [0.3, 0.4) is 0 Å². The number of fused-ring (bicyclic) bond motifs is 1. The summed E-state index contributed by atoms with van der Waals surface area (Å²) in [6.07, 6.45) is -0.176. The van der Waals surface area contributed by atoms with Gasteiger partial charge in [-0.3, -0.25) is 4.79 Å². The number of pyridine rings is 1. The molecular formula is C15H17ClN2O3. The predicted molar refractivity (Wildman–Crippen MR) is 81.6 cm³/mol. The van der Waals surface area contributed by atoms with Crippen LogP contribution in [0.4, 0.5) is 0 Å². The molecule has 21 heavy (non-hydrogen) atoms. The number of hydrogen-bond donors (Lipinski definition) is 2. The van der Waals surface area contributed by atoms with Crippen LogP contribution < -0.4 is 5.32 Å². The molecule has 0 saturated carbocycles. The van der Waals surface area contributed by atoms with Crippen LogP contribution in [-0.2, 0) is 4.74 Å². The molecule has 0 spiro atoms. The molecule has 2 rings (SSSR count). The van der Waals surface area contributed by atoms with Crippen LogP contribution in [0, 0.1) is 0 Å². The van der Waals surface area contributed by atoms with Crippen molar-refractivity contribution in [3.63, 3.8) is 0 Å². The van der Waals surface area contributed by atoms with Gasteiger partial charge in [0.25, 0.3) is 5.91 Å². The Morgan fingerprint density at radius 3 is 3.00 bits per heavy atom. The van der Waals surface area contributed by atoms with E-state index < -0.39 is 6.10 Å². The molecule has 2 N–H and O–H groups in total. The molecule has 112 valence electrons. The van der Waals surface area contributed by atoms with E-state index in [0.29, 0.717) is 23.5 Å². The highest BCUT2D eigenvalue weighted by Crippen LogP contribution is 2.22. The van der Waals surface area contributed by atoms with Crippen LogP contribution in [0.15, 0.2) is 30.3 Å². The van der Waals surface area contributed by atoms with E-state index in [1.807, 2.05) is 18.2 Å². The number of benzene rings is 1. The van der Waals surface area contributed by atoms with Crippen LogP contribution in [-0.4, -0.2) is 42.4 Å². The van der Waals surface area contributed by atoms with E-state index >= 15 is 0 Å². The average Bonchev–Trinajstić information content (AvgIpc) is 2.47. The zero-order chi connectivity index (χ0) is 15.2. The Balaban J connectivity index is 2.03. The Kier molecular flexibility index (Phi) is 5.50. The minimum atomic E-state index is -0.594. The second kappa shape index (κ2) is 7.36. The zero-order valence-electron chi connectivity index (χ0n) is 11.7. The van der Waals surface area contributed by atoms with Gasteiger partial charge in [0, 0.05) is 19.0 Å². The molecule has 0 saturated heterocycles. The molecule has 0 aliphatic heterocycles. The third-order valence-corrected chi connectivity index (χ3v) is 3.33. The molecule has 0 aliphatic carbocycles. The van der Waals surface area contributed by atoms with Gasteiger partial charge >= 0.3 is 0 Å². The zero-order valence-corrected chi connectivity index (χ0v) is 12.4. The number of aliphatic hydroxyl groups is 1. The number of halogens is 1. The van der Waals surface area contributed by atoms with Gasteiger partial charge < -0.3 is 15.2 Å². The van der Waals surface area contributed by atoms with Crippen molar-refractivity contribution in [2.24, 2.45) is 0 Å². The van der Waals surface area contributed by atoms with Crippen molar-refractivity contribution in [3.05, 3.63) is 41.0 Å². The minimum Gasteiger partial charge on any atom is -0.391 e. The molecular weight excluding hydrogens is 292 g/mol. The topological polar surface area (TPSA) is 71.5 Å². The second-order valence-electron chi connectivity index (χ2n) is 4.66. The number of carbonyl (C=O) groups excluding carboxylic acids is 1. The molecule has 2 aromatic rings. The highest BCUT2D eigenvalue weighted by atomic mass is 35.5. The van der Waals surface area contributed by atoms with Crippen molar-refractivity contribution >= 4 is 28.4 Å². The van der Waals surface area contributed by atoms with Gasteiger partial charge in [0.15, 0.2) is 0 Å². The number of para-hydroxylation sites is 1. The summed E-state index contributed by atoms with van der Waals surface area (Å²) in [5, 5.41) is 13.5. The first-order valence-corrected chi connectivity index (χ1v) is 7.00. The number of methoxy groups -OCH3 is 1. The summed E-state index contributed by atoms with van der Waals surface area (Å²) >= 11 is 6.16. The van der Waals surface area contributed by atoms with Gasteiger partial charge in [0.05, 0.1) is 23.3 Å². The van der Waals surface area contributed by atoms with Crippen molar-refractivity contribution in [3.8, 4) is 0 Å². The summed E-state index contributed by atoms with van der Waals surface area (Å²) < 4.78 is 4.82. The quantitative estimate of drug-likeness (QED) is 0.856. The first kappa shape index (κ1) is 15.7. The van der Waals surface area contributed by atoms with Crippen molar-refractivity contribution in [2.45, 2.75) is 12.5 Å². The molecule has 1 heterocycles. The number of hydrogen-bond acceptors (Lipinski definition) is 4. The van der Waals surface area contributed by atoms with Gasteiger partial charge in [-0.05, 0) is 18.6 Å². The lowest BCUT2D eigenvalue weighted by Gasteiger charge is -2.10. The van der Waals surface area contributed by atoms with Crippen molar-refractivity contribution in [1.82, 2.24) is 10.3 Å². The molecule has 0 fully saturated rings. The van der Waals surface area contributed by atoms with Crippen LogP contribution in [0.1, 0.15) is 16.9 Å². The Hall–Kier alpha value is -1.69. The number of aliphatic hydroxyl groups excluding tert-OH is 1. The first-order valence-electron chi connectivity index (χ1n) is 6.62. The molecule has 1 aromatic carbocycles. The lowest BCUT2D eigenvalue weighted by molar-refractivity contribution is 0.0587. The number of rotatable bonds is 6. The highest BCUT2D eigenvalue weighted by Gasteiger charge is 2.11. The van der Waals surface area contributed by atoms with Crippen molar-refractivity contribution in [1.29, 1.82) is 0 Å². The first-order chi connectivity index (χ1) is 10.1. The average molecular weight is 309 g/mol. The third kappa shape index (κ3) is 4.14. The van der Waals surface area contributed by atoms with Crippen LogP contribution >= 0.6 is 11.6 Å². The van der Waals surface area contributed by atoms with Gasteiger partial charge in [0.2, 0.25) is 0 Å². The SMILES string of the molecule is COCC(O)CCNC(=O)c1cc(Cl)c2ccccc2n1. The predicted octanol–water partition coefficient (Wildman–Crippen LogP) is 2.02. The maximum Gasteiger partial charge on any atom is 0.269 e. The molecule has 1 aromatic heterocycles. The normalized spacial score (nSPS) is 12.3. The van der Waals surface area contributed by atoms with E-state index in [1.54, 1.807) is 12.1 Å². The molecule has 5 nitrogen and oxygen atoms in total. The molecule has 0 aliphatic rings.